The molecule has 0 spiro atoms. The first kappa shape index (κ1) is 12.4. The Labute approximate surface area is 105 Å². The third-order valence-corrected chi connectivity index (χ3v) is 4.17. The highest BCUT2D eigenvalue weighted by Gasteiger charge is 2.17. The van der Waals surface area contributed by atoms with E-state index in [0.717, 1.165) is 0 Å². The van der Waals surface area contributed by atoms with Crippen LogP contribution in [0.15, 0.2) is 52.4 Å². The van der Waals surface area contributed by atoms with Crippen LogP contribution in [0, 0.1) is 0 Å². The van der Waals surface area contributed by atoms with Gasteiger partial charge in [0.15, 0.2) is 0 Å². The van der Waals surface area contributed by atoms with E-state index in [1.165, 1.54) is 37.6 Å². The maximum atomic E-state index is 12.2. The summed E-state index contributed by atoms with van der Waals surface area (Å²) in [6.07, 6.45) is 1.27. The number of rotatable bonds is 3. The Kier molecular flexibility index (Phi) is 3.20. The van der Waals surface area contributed by atoms with E-state index in [0.29, 0.717) is 11.6 Å². The van der Waals surface area contributed by atoms with E-state index in [2.05, 4.69) is 4.98 Å². The molecule has 2 aromatic rings. The zero-order valence-corrected chi connectivity index (χ0v) is 10.5. The first-order valence-electron chi connectivity index (χ1n) is 5.15. The molecular formula is C12H12N2O3S. The van der Waals surface area contributed by atoms with Crippen molar-refractivity contribution in [1.82, 2.24) is 4.98 Å². The van der Waals surface area contributed by atoms with Crippen molar-refractivity contribution in [3.05, 3.63) is 42.6 Å². The molecule has 1 heterocycles. The van der Waals surface area contributed by atoms with Crippen molar-refractivity contribution in [1.29, 1.82) is 0 Å². The third-order valence-electron chi connectivity index (χ3n) is 2.42. The molecule has 0 aliphatic heterocycles. The summed E-state index contributed by atoms with van der Waals surface area (Å²) in [5, 5.41) is 0. The molecule has 0 bridgehead atoms. The molecule has 0 fully saturated rings. The van der Waals surface area contributed by atoms with Crippen LogP contribution in [0.25, 0.3) is 0 Å². The first-order valence-corrected chi connectivity index (χ1v) is 6.63. The molecule has 0 saturated heterocycles. The van der Waals surface area contributed by atoms with E-state index >= 15 is 0 Å². The van der Waals surface area contributed by atoms with Gasteiger partial charge in [-0.05, 0) is 30.3 Å². The van der Waals surface area contributed by atoms with Gasteiger partial charge in [-0.3, -0.25) is 0 Å². The summed E-state index contributed by atoms with van der Waals surface area (Å²) >= 11 is 0. The predicted octanol–water partition coefficient (Wildman–Crippen LogP) is 1.51. The van der Waals surface area contributed by atoms with Gasteiger partial charge in [0, 0.05) is 18.0 Å². The Bertz CT molecular complexity index is 634. The van der Waals surface area contributed by atoms with E-state index in [9.17, 15) is 8.42 Å². The number of anilines is 1. The van der Waals surface area contributed by atoms with Crippen LogP contribution in [0.3, 0.4) is 0 Å². The third kappa shape index (κ3) is 2.28. The summed E-state index contributed by atoms with van der Waals surface area (Å²) in [6.45, 7) is 0. The van der Waals surface area contributed by atoms with Gasteiger partial charge in [0.25, 0.3) is 0 Å². The maximum Gasteiger partial charge on any atom is 0.212 e. The summed E-state index contributed by atoms with van der Waals surface area (Å²) in [7, 11) is -2.09. The zero-order valence-electron chi connectivity index (χ0n) is 9.70. The molecular weight excluding hydrogens is 252 g/mol. The van der Waals surface area contributed by atoms with Crippen molar-refractivity contribution in [2.45, 2.75) is 9.79 Å². The van der Waals surface area contributed by atoms with Gasteiger partial charge in [0.1, 0.15) is 0 Å². The first-order chi connectivity index (χ1) is 8.54. The molecule has 0 amide bonds. The molecule has 0 aliphatic carbocycles. The Morgan fingerprint density at radius 1 is 1.06 bits per heavy atom. The van der Waals surface area contributed by atoms with Gasteiger partial charge in [-0.1, -0.05) is 0 Å². The number of methoxy groups -OCH3 is 1. The number of pyridine rings is 1. The van der Waals surface area contributed by atoms with Crippen LogP contribution in [0.2, 0.25) is 0 Å². The highest BCUT2D eigenvalue weighted by molar-refractivity contribution is 7.91. The lowest BCUT2D eigenvalue weighted by molar-refractivity contribution is 0.397. The molecule has 0 unspecified atom stereocenters. The molecule has 94 valence electrons. The lowest BCUT2D eigenvalue weighted by Gasteiger charge is -2.05. The maximum absolute atomic E-state index is 12.2. The summed E-state index contributed by atoms with van der Waals surface area (Å²) in [6, 6.07) is 8.99. The molecule has 0 saturated carbocycles. The summed E-state index contributed by atoms with van der Waals surface area (Å²) in [5.74, 6) is 0.367. The smallest absolute Gasteiger partial charge is 0.212 e. The number of hydrogen-bond donors (Lipinski definition) is 1. The number of nitrogens with two attached hydrogens (primary N) is 1. The molecule has 6 heteroatoms. The normalized spacial score (nSPS) is 11.2. The average Bonchev–Trinajstić information content (AvgIpc) is 2.39. The Hall–Kier alpha value is -2.08. The van der Waals surface area contributed by atoms with Crippen molar-refractivity contribution in [2.24, 2.45) is 0 Å². The molecule has 1 aromatic carbocycles. The molecule has 5 nitrogen and oxygen atoms in total. The second kappa shape index (κ2) is 4.66. The van der Waals surface area contributed by atoms with Crippen molar-refractivity contribution in [2.75, 3.05) is 12.8 Å². The van der Waals surface area contributed by atoms with Crippen molar-refractivity contribution < 1.29 is 13.2 Å². The van der Waals surface area contributed by atoms with Gasteiger partial charge >= 0.3 is 0 Å². The monoisotopic (exact) mass is 264 g/mol. The van der Waals surface area contributed by atoms with Gasteiger partial charge in [-0.15, -0.1) is 0 Å². The van der Waals surface area contributed by atoms with Gasteiger partial charge in [0.05, 0.1) is 16.9 Å². The Morgan fingerprint density at radius 3 is 2.17 bits per heavy atom. The van der Waals surface area contributed by atoms with Crippen LogP contribution in [-0.4, -0.2) is 20.5 Å². The summed E-state index contributed by atoms with van der Waals surface area (Å²) in [5.41, 5.74) is 6.04. The van der Waals surface area contributed by atoms with E-state index < -0.39 is 9.84 Å². The molecule has 2 N–H and O–H groups in total. The van der Waals surface area contributed by atoms with Crippen molar-refractivity contribution >= 4 is 15.5 Å². The number of hydrogen-bond acceptors (Lipinski definition) is 5. The largest absolute Gasteiger partial charge is 0.481 e. The van der Waals surface area contributed by atoms with Crippen molar-refractivity contribution in [3.63, 3.8) is 0 Å². The van der Waals surface area contributed by atoms with Crippen LogP contribution in [-0.2, 0) is 9.84 Å². The number of aromatic nitrogens is 1. The predicted molar refractivity (Wildman–Crippen MR) is 67.1 cm³/mol. The van der Waals surface area contributed by atoms with Gasteiger partial charge in [-0.25, -0.2) is 13.4 Å². The number of sulfone groups is 1. The molecule has 0 radical (unpaired) electrons. The van der Waals surface area contributed by atoms with Gasteiger partial charge < -0.3 is 10.5 Å². The molecule has 2 rings (SSSR count). The van der Waals surface area contributed by atoms with E-state index in [4.69, 9.17) is 10.5 Å². The molecule has 0 aliphatic rings. The van der Waals surface area contributed by atoms with Crippen LogP contribution in [0.4, 0.5) is 5.69 Å². The fourth-order valence-corrected chi connectivity index (χ4v) is 2.63. The number of ether oxygens (including phenoxy) is 1. The molecule has 18 heavy (non-hydrogen) atoms. The van der Waals surface area contributed by atoms with E-state index in [1.54, 1.807) is 12.1 Å². The minimum absolute atomic E-state index is 0.119. The number of benzene rings is 1. The van der Waals surface area contributed by atoms with Gasteiger partial charge in [0.2, 0.25) is 15.7 Å². The Morgan fingerprint density at radius 2 is 1.67 bits per heavy atom. The second-order valence-electron chi connectivity index (χ2n) is 3.61. The van der Waals surface area contributed by atoms with E-state index in [-0.39, 0.29) is 9.79 Å². The number of nitrogens with zero attached hydrogens (tertiary/aromatic N) is 1. The molecule has 0 atom stereocenters. The molecule has 1 aromatic heterocycles. The number of nitrogen functional groups attached to an aromatic ring is 1. The van der Waals surface area contributed by atoms with Gasteiger partial charge in [-0.2, -0.15) is 0 Å². The highest BCUT2D eigenvalue weighted by atomic mass is 32.2. The van der Waals surface area contributed by atoms with Crippen LogP contribution in [0.5, 0.6) is 5.88 Å². The summed E-state index contributed by atoms with van der Waals surface area (Å²) < 4.78 is 29.3. The highest BCUT2D eigenvalue weighted by Crippen LogP contribution is 2.22. The topological polar surface area (TPSA) is 82.3 Å². The second-order valence-corrected chi connectivity index (χ2v) is 5.56. The SMILES string of the molecule is COc1ccc(S(=O)(=O)c2ccc(N)cc2)cn1. The van der Waals surface area contributed by atoms with Crippen LogP contribution in [0.1, 0.15) is 0 Å². The average molecular weight is 264 g/mol. The lowest BCUT2D eigenvalue weighted by Crippen LogP contribution is -2.03. The Balaban J connectivity index is 2.44. The van der Waals surface area contributed by atoms with E-state index in [1.807, 2.05) is 0 Å². The van der Waals surface area contributed by atoms with Crippen molar-refractivity contribution in [3.8, 4) is 5.88 Å². The zero-order chi connectivity index (χ0) is 13.2. The summed E-state index contributed by atoms with van der Waals surface area (Å²) in [4.78, 5) is 4.18. The fraction of sp³-hybridized carbons (Fsp3) is 0.0833. The quantitative estimate of drug-likeness (QED) is 0.849. The standard InChI is InChI=1S/C12H12N2O3S/c1-17-12-7-6-11(8-14-12)18(15,16)10-4-2-9(13)3-5-10/h2-8H,13H2,1H3. The lowest BCUT2D eigenvalue weighted by atomic mass is 10.3. The minimum Gasteiger partial charge on any atom is -0.481 e. The van der Waals surface area contributed by atoms with Crippen LogP contribution >= 0.6 is 0 Å². The fourth-order valence-electron chi connectivity index (χ4n) is 1.43. The minimum atomic E-state index is -3.55. The van der Waals surface area contributed by atoms with Crippen LogP contribution < -0.4 is 10.5 Å².